The van der Waals surface area contributed by atoms with Gasteiger partial charge in [0.05, 0.1) is 6.10 Å². The Morgan fingerprint density at radius 2 is 1.48 bits per heavy atom. The summed E-state index contributed by atoms with van der Waals surface area (Å²) in [6.45, 7) is 0. The van der Waals surface area contributed by atoms with Crippen molar-refractivity contribution in [2.45, 2.75) is 88.8 Å². The molecule has 0 aromatic carbocycles. The van der Waals surface area contributed by atoms with E-state index in [2.05, 4.69) is 4.90 Å². The van der Waals surface area contributed by atoms with Gasteiger partial charge in [-0.1, -0.05) is 25.7 Å². The lowest BCUT2D eigenvalue weighted by Gasteiger charge is -2.43. The summed E-state index contributed by atoms with van der Waals surface area (Å²) in [5, 5.41) is 9.92. The van der Waals surface area contributed by atoms with Gasteiger partial charge in [0.1, 0.15) is 0 Å². The molecule has 4 aliphatic rings. The van der Waals surface area contributed by atoms with Crippen LogP contribution < -0.4 is 0 Å². The van der Waals surface area contributed by atoms with Gasteiger partial charge in [-0.05, 0) is 56.8 Å². The molecule has 0 aromatic rings. The molecule has 2 heterocycles. The predicted molar refractivity (Wildman–Crippen MR) is 81.7 cm³/mol. The van der Waals surface area contributed by atoms with E-state index in [0.29, 0.717) is 23.9 Å². The van der Waals surface area contributed by atoms with E-state index in [9.17, 15) is 9.90 Å². The van der Waals surface area contributed by atoms with Crippen molar-refractivity contribution >= 4 is 5.91 Å². The van der Waals surface area contributed by atoms with Crippen LogP contribution in [0.15, 0.2) is 0 Å². The largest absolute Gasteiger partial charge is 0.393 e. The molecule has 4 rings (SSSR count). The van der Waals surface area contributed by atoms with Crippen LogP contribution in [0.2, 0.25) is 0 Å². The highest BCUT2D eigenvalue weighted by Crippen LogP contribution is 2.45. The molecule has 2 aliphatic carbocycles. The average molecular weight is 291 g/mol. The molecule has 2 bridgehead atoms. The number of carbonyl (C=O) groups excluding carboxylic acids is 1. The Labute approximate surface area is 128 Å². The average Bonchev–Trinajstić information content (AvgIpc) is 2.78. The Balaban J connectivity index is 1.43. The Kier molecular flexibility index (Phi) is 3.72. The molecule has 2 saturated heterocycles. The zero-order valence-electron chi connectivity index (χ0n) is 13.0. The smallest absolute Gasteiger partial charge is 0.226 e. The van der Waals surface area contributed by atoms with Gasteiger partial charge < -0.3 is 10.0 Å². The van der Waals surface area contributed by atoms with Crippen molar-refractivity contribution in [1.82, 2.24) is 4.90 Å². The van der Waals surface area contributed by atoms with E-state index < -0.39 is 0 Å². The molecule has 0 spiro atoms. The molecule has 3 nitrogen and oxygen atoms in total. The first-order chi connectivity index (χ1) is 10.2. The number of rotatable bonds is 1. The van der Waals surface area contributed by atoms with Gasteiger partial charge in [0.25, 0.3) is 0 Å². The normalized spacial score (nSPS) is 46.2. The standard InChI is InChI=1S/C18H29NO2/c20-17-10-15-7-8-16(11-17)19(15)18(21)14-6-5-12-3-1-2-4-13(12)9-14/h12-17,20H,1-11H2. The molecule has 5 atom stereocenters. The van der Waals surface area contributed by atoms with Crippen molar-refractivity contribution in [1.29, 1.82) is 0 Å². The number of hydrogen-bond acceptors (Lipinski definition) is 2. The molecule has 1 N–H and O–H groups in total. The maximum absolute atomic E-state index is 13.0. The number of amides is 1. The third-order valence-corrected chi connectivity index (χ3v) is 6.85. The van der Waals surface area contributed by atoms with Gasteiger partial charge in [-0.15, -0.1) is 0 Å². The number of aliphatic hydroxyl groups is 1. The SMILES string of the molecule is O=C(C1CCC2CCCCC2C1)N1C2CCC1CC(O)C2. The highest BCUT2D eigenvalue weighted by molar-refractivity contribution is 5.80. The van der Waals surface area contributed by atoms with Crippen molar-refractivity contribution in [2.24, 2.45) is 17.8 Å². The topological polar surface area (TPSA) is 40.5 Å². The van der Waals surface area contributed by atoms with E-state index in [4.69, 9.17) is 0 Å². The molecule has 5 unspecified atom stereocenters. The summed E-state index contributed by atoms with van der Waals surface area (Å²) in [5.41, 5.74) is 0. The van der Waals surface area contributed by atoms with Crippen molar-refractivity contribution < 1.29 is 9.90 Å². The number of fused-ring (bicyclic) bond motifs is 3. The van der Waals surface area contributed by atoms with Crippen LogP contribution in [0.4, 0.5) is 0 Å². The van der Waals surface area contributed by atoms with Crippen molar-refractivity contribution in [3.8, 4) is 0 Å². The molecule has 2 aliphatic heterocycles. The monoisotopic (exact) mass is 291 g/mol. The first-order valence-electron chi connectivity index (χ1n) is 9.22. The summed E-state index contributed by atoms with van der Waals surface area (Å²) in [6.07, 6.45) is 12.8. The van der Waals surface area contributed by atoms with E-state index in [1.807, 2.05) is 0 Å². The number of carbonyl (C=O) groups is 1. The van der Waals surface area contributed by atoms with Crippen LogP contribution in [-0.4, -0.2) is 34.1 Å². The van der Waals surface area contributed by atoms with E-state index in [1.54, 1.807) is 0 Å². The Bertz CT molecular complexity index is 396. The second kappa shape index (κ2) is 5.57. The molecule has 0 radical (unpaired) electrons. The van der Waals surface area contributed by atoms with E-state index in [-0.39, 0.29) is 6.10 Å². The van der Waals surface area contributed by atoms with Crippen LogP contribution in [-0.2, 0) is 4.79 Å². The van der Waals surface area contributed by atoms with Gasteiger partial charge in [-0.2, -0.15) is 0 Å². The minimum Gasteiger partial charge on any atom is -0.393 e. The first kappa shape index (κ1) is 14.0. The molecule has 118 valence electrons. The Morgan fingerprint density at radius 1 is 0.810 bits per heavy atom. The highest BCUT2D eigenvalue weighted by Gasteiger charge is 2.45. The summed E-state index contributed by atoms with van der Waals surface area (Å²) < 4.78 is 0. The summed E-state index contributed by atoms with van der Waals surface area (Å²) in [4.78, 5) is 15.2. The van der Waals surface area contributed by atoms with Gasteiger partial charge in [0, 0.05) is 18.0 Å². The second-order valence-electron chi connectivity index (χ2n) is 8.07. The molecule has 21 heavy (non-hydrogen) atoms. The maximum atomic E-state index is 13.0. The van der Waals surface area contributed by atoms with Crippen LogP contribution in [0.25, 0.3) is 0 Å². The van der Waals surface area contributed by atoms with Gasteiger partial charge >= 0.3 is 0 Å². The van der Waals surface area contributed by atoms with Crippen LogP contribution in [0.3, 0.4) is 0 Å². The summed E-state index contributed by atoms with van der Waals surface area (Å²) in [5.74, 6) is 2.48. The lowest BCUT2D eigenvalue weighted by molar-refractivity contribution is -0.144. The molecule has 2 saturated carbocycles. The van der Waals surface area contributed by atoms with Gasteiger partial charge in [-0.3, -0.25) is 4.79 Å². The van der Waals surface area contributed by atoms with Crippen molar-refractivity contribution in [3.05, 3.63) is 0 Å². The van der Waals surface area contributed by atoms with Crippen LogP contribution >= 0.6 is 0 Å². The minimum atomic E-state index is -0.166. The third kappa shape index (κ3) is 2.52. The first-order valence-corrected chi connectivity index (χ1v) is 9.22. The summed E-state index contributed by atoms with van der Waals surface area (Å²) in [7, 11) is 0. The van der Waals surface area contributed by atoms with E-state index in [1.165, 1.54) is 32.1 Å². The Hall–Kier alpha value is -0.570. The van der Waals surface area contributed by atoms with Gasteiger partial charge in [-0.25, -0.2) is 0 Å². The zero-order valence-corrected chi connectivity index (χ0v) is 13.0. The molecule has 1 amide bonds. The van der Waals surface area contributed by atoms with Crippen LogP contribution in [0, 0.1) is 17.8 Å². The van der Waals surface area contributed by atoms with Gasteiger partial charge in [0.2, 0.25) is 5.91 Å². The van der Waals surface area contributed by atoms with Gasteiger partial charge in [0.15, 0.2) is 0 Å². The van der Waals surface area contributed by atoms with Crippen molar-refractivity contribution in [2.75, 3.05) is 0 Å². The lowest BCUT2D eigenvalue weighted by atomic mass is 9.67. The summed E-state index contributed by atoms with van der Waals surface area (Å²) >= 11 is 0. The van der Waals surface area contributed by atoms with Crippen LogP contribution in [0.1, 0.15) is 70.6 Å². The molecular formula is C18H29NO2. The van der Waals surface area contributed by atoms with E-state index >= 15 is 0 Å². The molecule has 0 aromatic heterocycles. The Morgan fingerprint density at radius 3 is 2.19 bits per heavy atom. The molecular weight excluding hydrogens is 262 g/mol. The number of piperidine rings is 1. The van der Waals surface area contributed by atoms with Crippen molar-refractivity contribution in [3.63, 3.8) is 0 Å². The lowest BCUT2D eigenvalue weighted by Crippen LogP contribution is -2.51. The maximum Gasteiger partial charge on any atom is 0.226 e. The fraction of sp³-hybridized carbons (Fsp3) is 0.944. The van der Waals surface area contributed by atoms with E-state index in [0.717, 1.165) is 50.4 Å². The second-order valence-corrected chi connectivity index (χ2v) is 8.07. The minimum absolute atomic E-state index is 0.166. The zero-order chi connectivity index (χ0) is 14.4. The molecule has 4 fully saturated rings. The number of hydrogen-bond donors (Lipinski definition) is 1. The highest BCUT2D eigenvalue weighted by atomic mass is 16.3. The third-order valence-electron chi connectivity index (χ3n) is 6.85. The number of nitrogens with zero attached hydrogens (tertiary/aromatic N) is 1. The fourth-order valence-electron chi connectivity index (χ4n) is 5.82. The number of aliphatic hydroxyl groups excluding tert-OH is 1. The molecule has 3 heteroatoms. The summed E-state index contributed by atoms with van der Waals surface area (Å²) in [6, 6.07) is 0.686. The van der Waals surface area contributed by atoms with Crippen LogP contribution in [0.5, 0.6) is 0 Å². The predicted octanol–water partition coefficient (Wildman–Crippen LogP) is 3.11. The quantitative estimate of drug-likeness (QED) is 0.806. The fourth-order valence-corrected chi connectivity index (χ4v) is 5.82.